The third kappa shape index (κ3) is 5.03. The molecule has 7 nitrogen and oxygen atoms in total. The van der Waals surface area contributed by atoms with Gasteiger partial charge in [-0.1, -0.05) is 11.3 Å². The molecule has 0 radical (unpaired) electrons. The Balaban J connectivity index is 1.85. The second-order valence-corrected chi connectivity index (χ2v) is 6.71. The normalized spacial score (nSPS) is 11.4. The summed E-state index contributed by atoms with van der Waals surface area (Å²) in [4.78, 5) is 29.5. The fourth-order valence-corrected chi connectivity index (χ4v) is 2.45. The number of ether oxygens (including phenoxy) is 1. The van der Waals surface area contributed by atoms with Crippen LogP contribution in [0.4, 0.5) is 4.79 Å². The van der Waals surface area contributed by atoms with E-state index in [0.29, 0.717) is 19.5 Å². The van der Waals surface area contributed by atoms with Crippen molar-refractivity contribution in [3.8, 4) is 0 Å². The van der Waals surface area contributed by atoms with Gasteiger partial charge in [0.05, 0.1) is 12.9 Å². The predicted molar refractivity (Wildman–Crippen MR) is 84.2 cm³/mol. The maximum Gasteiger partial charge on any atom is 0.407 e. The Morgan fingerprint density at radius 1 is 1.50 bits per heavy atom. The summed E-state index contributed by atoms with van der Waals surface area (Å²) in [5.74, 6) is 0. The number of carbonyl (C=O) groups is 1. The number of imidazole rings is 1. The van der Waals surface area contributed by atoms with E-state index in [2.05, 4.69) is 15.3 Å². The van der Waals surface area contributed by atoms with Crippen LogP contribution in [0.25, 0.3) is 0 Å². The Hall–Kier alpha value is -2.09. The highest BCUT2D eigenvalue weighted by Gasteiger charge is 2.15. The molecular weight excluding hydrogens is 304 g/mol. The minimum atomic E-state index is -0.503. The molecule has 0 unspecified atom stereocenters. The smallest absolute Gasteiger partial charge is 0.407 e. The molecule has 2 N–H and O–H groups in total. The van der Waals surface area contributed by atoms with Crippen LogP contribution in [0, 0.1) is 0 Å². The van der Waals surface area contributed by atoms with Gasteiger partial charge in [-0.05, 0) is 20.8 Å². The van der Waals surface area contributed by atoms with E-state index in [4.69, 9.17) is 4.74 Å². The van der Waals surface area contributed by atoms with Crippen molar-refractivity contribution < 1.29 is 9.53 Å². The SMILES string of the molecule is CC(C)(C)OC(=O)NCCc1cncn1Cc1csc(=O)[nH]1. The average Bonchev–Trinajstić information content (AvgIpc) is 2.98. The first-order chi connectivity index (χ1) is 10.3. The highest BCUT2D eigenvalue weighted by molar-refractivity contribution is 7.07. The first-order valence-corrected chi connectivity index (χ1v) is 7.84. The fourth-order valence-electron chi connectivity index (χ4n) is 1.88. The van der Waals surface area contributed by atoms with Gasteiger partial charge >= 0.3 is 11.0 Å². The van der Waals surface area contributed by atoms with Gasteiger partial charge in [0.15, 0.2) is 0 Å². The Morgan fingerprint density at radius 2 is 2.27 bits per heavy atom. The van der Waals surface area contributed by atoms with Gasteiger partial charge < -0.3 is 19.6 Å². The molecule has 2 aromatic heterocycles. The van der Waals surface area contributed by atoms with Crippen LogP contribution in [0.15, 0.2) is 22.7 Å². The van der Waals surface area contributed by atoms with Crippen LogP contribution in [0.5, 0.6) is 0 Å². The number of aromatic amines is 1. The summed E-state index contributed by atoms with van der Waals surface area (Å²) in [5, 5.41) is 4.51. The van der Waals surface area contributed by atoms with Gasteiger partial charge in [0.2, 0.25) is 0 Å². The lowest BCUT2D eigenvalue weighted by molar-refractivity contribution is 0.0528. The number of nitrogens with zero attached hydrogens (tertiary/aromatic N) is 2. The molecule has 0 bridgehead atoms. The number of amides is 1. The molecule has 0 atom stereocenters. The molecule has 0 aliphatic heterocycles. The van der Waals surface area contributed by atoms with E-state index < -0.39 is 11.7 Å². The maximum absolute atomic E-state index is 11.6. The zero-order valence-electron chi connectivity index (χ0n) is 12.9. The summed E-state index contributed by atoms with van der Waals surface area (Å²) in [5.41, 5.74) is 1.31. The molecule has 8 heteroatoms. The number of H-pyrrole nitrogens is 1. The van der Waals surface area contributed by atoms with E-state index in [1.807, 2.05) is 25.3 Å². The second-order valence-electron chi connectivity index (χ2n) is 5.86. The molecule has 120 valence electrons. The molecule has 0 aliphatic carbocycles. The second kappa shape index (κ2) is 6.78. The zero-order valence-corrected chi connectivity index (χ0v) is 13.7. The Bertz CT molecular complexity index is 681. The number of alkyl carbamates (subject to hydrolysis) is 1. The molecular formula is C14H20N4O3S. The van der Waals surface area contributed by atoms with E-state index >= 15 is 0 Å². The molecule has 2 heterocycles. The molecule has 0 aromatic carbocycles. The van der Waals surface area contributed by atoms with Crippen molar-refractivity contribution in [2.75, 3.05) is 6.54 Å². The van der Waals surface area contributed by atoms with Crippen LogP contribution < -0.4 is 10.2 Å². The van der Waals surface area contributed by atoms with Gasteiger partial charge in [-0.25, -0.2) is 9.78 Å². The van der Waals surface area contributed by atoms with Crippen molar-refractivity contribution in [3.05, 3.63) is 39.0 Å². The van der Waals surface area contributed by atoms with Gasteiger partial charge in [0, 0.05) is 35.9 Å². The number of aromatic nitrogens is 3. The third-order valence-electron chi connectivity index (χ3n) is 2.76. The predicted octanol–water partition coefficient (Wildman–Crippen LogP) is 1.75. The maximum atomic E-state index is 11.6. The monoisotopic (exact) mass is 324 g/mol. The lowest BCUT2D eigenvalue weighted by Crippen LogP contribution is -2.33. The first-order valence-electron chi connectivity index (χ1n) is 6.96. The lowest BCUT2D eigenvalue weighted by atomic mass is 10.2. The highest BCUT2D eigenvalue weighted by atomic mass is 32.1. The van der Waals surface area contributed by atoms with Gasteiger partial charge in [-0.2, -0.15) is 0 Å². The number of nitrogens with one attached hydrogen (secondary N) is 2. The Labute approximate surface area is 132 Å². The third-order valence-corrected chi connectivity index (χ3v) is 3.48. The number of hydrogen-bond donors (Lipinski definition) is 2. The molecule has 2 rings (SSSR count). The van der Waals surface area contributed by atoms with Crippen molar-refractivity contribution in [1.82, 2.24) is 19.9 Å². The largest absolute Gasteiger partial charge is 0.444 e. The standard InChI is InChI=1S/C14H20N4O3S/c1-14(2,3)21-12(19)16-5-4-11-6-15-9-18(11)7-10-8-22-13(20)17-10/h6,8-9H,4-5,7H2,1-3H3,(H,16,19)(H,17,20). The Kier molecular flexibility index (Phi) is 5.02. The van der Waals surface area contributed by atoms with Gasteiger partial charge in [-0.15, -0.1) is 0 Å². The summed E-state index contributed by atoms with van der Waals surface area (Å²) in [6, 6.07) is 0. The van der Waals surface area contributed by atoms with E-state index in [-0.39, 0.29) is 4.87 Å². The van der Waals surface area contributed by atoms with Crippen LogP contribution in [-0.4, -0.2) is 32.8 Å². The van der Waals surface area contributed by atoms with Crippen LogP contribution in [-0.2, 0) is 17.7 Å². The summed E-state index contributed by atoms with van der Waals surface area (Å²) >= 11 is 1.14. The minimum absolute atomic E-state index is 0.0664. The quantitative estimate of drug-likeness (QED) is 0.877. The van der Waals surface area contributed by atoms with E-state index in [1.54, 1.807) is 17.9 Å². The van der Waals surface area contributed by atoms with E-state index in [0.717, 1.165) is 22.7 Å². The first kappa shape index (κ1) is 16.3. The molecule has 22 heavy (non-hydrogen) atoms. The summed E-state index contributed by atoms with van der Waals surface area (Å²) in [6.07, 6.45) is 3.66. The Morgan fingerprint density at radius 3 is 2.91 bits per heavy atom. The minimum Gasteiger partial charge on any atom is -0.444 e. The number of hydrogen-bond acceptors (Lipinski definition) is 5. The van der Waals surface area contributed by atoms with Crippen LogP contribution in [0.3, 0.4) is 0 Å². The van der Waals surface area contributed by atoms with Gasteiger partial charge in [-0.3, -0.25) is 4.79 Å². The molecule has 0 aliphatic rings. The number of rotatable bonds is 5. The number of thiazole rings is 1. The van der Waals surface area contributed by atoms with E-state index in [1.165, 1.54) is 0 Å². The molecule has 2 aromatic rings. The van der Waals surface area contributed by atoms with Crippen LogP contribution in [0.2, 0.25) is 0 Å². The summed E-state index contributed by atoms with van der Waals surface area (Å²) < 4.78 is 7.11. The van der Waals surface area contributed by atoms with Crippen molar-refractivity contribution in [2.24, 2.45) is 0 Å². The van der Waals surface area contributed by atoms with Gasteiger partial charge in [0.1, 0.15) is 5.60 Å². The molecule has 0 spiro atoms. The lowest BCUT2D eigenvalue weighted by Gasteiger charge is -2.19. The molecule has 0 saturated carbocycles. The summed E-state index contributed by atoms with van der Waals surface area (Å²) in [7, 11) is 0. The number of carbonyl (C=O) groups excluding carboxylic acids is 1. The average molecular weight is 324 g/mol. The topological polar surface area (TPSA) is 89.0 Å². The van der Waals surface area contributed by atoms with Crippen molar-refractivity contribution in [1.29, 1.82) is 0 Å². The zero-order chi connectivity index (χ0) is 16.2. The highest BCUT2D eigenvalue weighted by Crippen LogP contribution is 2.07. The van der Waals surface area contributed by atoms with Crippen molar-refractivity contribution in [3.63, 3.8) is 0 Å². The van der Waals surface area contributed by atoms with Crippen molar-refractivity contribution >= 4 is 17.4 Å². The fraction of sp³-hybridized carbons (Fsp3) is 0.500. The van der Waals surface area contributed by atoms with Crippen LogP contribution >= 0.6 is 11.3 Å². The molecule has 1 amide bonds. The molecule has 0 saturated heterocycles. The summed E-state index contributed by atoms with van der Waals surface area (Å²) in [6.45, 7) is 6.48. The van der Waals surface area contributed by atoms with Crippen LogP contribution in [0.1, 0.15) is 32.2 Å². The van der Waals surface area contributed by atoms with Crippen molar-refractivity contribution in [2.45, 2.75) is 39.3 Å². The molecule has 0 fully saturated rings. The van der Waals surface area contributed by atoms with Gasteiger partial charge in [0.25, 0.3) is 0 Å². The van der Waals surface area contributed by atoms with E-state index in [9.17, 15) is 9.59 Å².